The number of imidazole rings is 1. The predicted octanol–water partition coefficient (Wildman–Crippen LogP) is 4.50. The van der Waals surface area contributed by atoms with Gasteiger partial charge in [-0.25, -0.2) is 14.6 Å². The fourth-order valence-corrected chi connectivity index (χ4v) is 3.42. The van der Waals surface area contributed by atoms with Crippen molar-refractivity contribution in [1.82, 2.24) is 9.97 Å². The van der Waals surface area contributed by atoms with E-state index >= 15 is 0 Å². The molecule has 0 aliphatic rings. The number of ether oxygens (including phenoxy) is 1. The first-order valence-corrected chi connectivity index (χ1v) is 10.4. The number of hydrogen-bond acceptors (Lipinski definition) is 5. The summed E-state index contributed by atoms with van der Waals surface area (Å²) in [5.74, 6) is -1.79. The number of H-pyrrole nitrogens is 1. The number of carbonyl (C=O) groups is 3. The Balaban J connectivity index is 1.54. The number of amides is 1. The smallest absolute Gasteiger partial charge is 0.339 e. The SMILES string of the molecule is CCC(OC(=O)c1ccccc1-c1nc2ccccc2[nH]1)C(=O)Nc1cccc(C(=O)O)c1. The highest BCUT2D eigenvalue weighted by molar-refractivity contribution is 6.01. The van der Waals surface area contributed by atoms with Crippen molar-refractivity contribution in [3.05, 3.63) is 83.9 Å². The molecule has 166 valence electrons. The number of hydrogen-bond donors (Lipinski definition) is 3. The lowest BCUT2D eigenvalue weighted by atomic mass is 10.1. The highest BCUT2D eigenvalue weighted by Crippen LogP contribution is 2.25. The average molecular weight is 443 g/mol. The monoisotopic (exact) mass is 443 g/mol. The number of rotatable bonds is 7. The second-order valence-corrected chi connectivity index (χ2v) is 7.33. The summed E-state index contributed by atoms with van der Waals surface area (Å²) in [7, 11) is 0. The van der Waals surface area contributed by atoms with Crippen LogP contribution in [0.3, 0.4) is 0 Å². The van der Waals surface area contributed by atoms with Crippen molar-refractivity contribution in [2.45, 2.75) is 19.4 Å². The standard InChI is InChI=1S/C25H21N3O5/c1-2-21(23(29)26-16-9-7-8-15(14-16)24(30)31)33-25(32)18-11-4-3-10-17(18)22-27-19-12-5-6-13-20(19)28-22/h3-14,21H,2H2,1H3,(H,26,29)(H,27,28)(H,30,31). The van der Waals surface area contributed by atoms with Crippen molar-refractivity contribution in [2.75, 3.05) is 5.32 Å². The summed E-state index contributed by atoms with van der Waals surface area (Å²) in [6, 6.07) is 20.3. The number of aromatic nitrogens is 2. The van der Waals surface area contributed by atoms with Crippen molar-refractivity contribution in [2.24, 2.45) is 0 Å². The number of para-hydroxylation sites is 2. The number of fused-ring (bicyclic) bond motifs is 1. The van der Waals surface area contributed by atoms with Gasteiger partial charge in [0, 0.05) is 11.3 Å². The van der Waals surface area contributed by atoms with Gasteiger partial charge in [0.2, 0.25) is 0 Å². The molecule has 1 heterocycles. The molecule has 0 bridgehead atoms. The van der Waals surface area contributed by atoms with Gasteiger partial charge in [0.05, 0.1) is 22.2 Å². The van der Waals surface area contributed by atoms with Gasteiger partial charge in [-0.3, -0.25) is 4.79 Å². The summed E-state index contributed by atoms with van der Waals surface area (Å²) < 4.78 is 5.52. The summed E-state index contributed by atoms with van der Waals surface area (Å²) in [6.45, 7) is 1.72. The van der Waals surface area contributed by atoms with Gasteiger partial charge in [0.15, 0.2) is 6.10 Å². The van der Waals surface area contributed by atoms with E-state index in [0.29, 0.717) is 17.1 Å². The van der Waals surface area contributed by atoms with E-state index < -0.39 is 23.9 Å². The number of benzene rings is 3. The predicted molar refractivity (Wildman–Crippen MR) is 123 cm³/mol. The van der Waals surface area contributed by atoms with Gasteiger partial charge in [0.1, 0.15) is 5.82 Å². The highest BCUT2D eigenvalue weighted by atomic mass is 16.5. The molecule has 8 heteroatoms. The van der Waals surface area contributed by atoms with Crippen LogP contribution in [-0.2, 0) is 9.53 Å². The van der Waals surface area contributed by atoms with Crippen LogP contribution in [0.5, 0.6) is 0 Å². The third-order valence-electron chi connectivity index (χ3n) is 5.08. The zero-order valence-corrected chi connectivity index (χ0v) is 17.7. The van der Waals surface area contributed by atoms with E-state index in [2.05, 4.69) is 15.3 Å². The van der Waals surface area contributed by atoms with Crippen molar-refractivity contribution in [3.63, 3.8) is 0 Å². The van der Waals surface area contributed by atoms with E-state index in [1.165, 1.54) is 18.2 Å². The summed E-state index contributed by atoms with van der Waals surface area (Å²) in [5, 5.41) is 11.7. The molecule has 0 radical (unpaired) electrons. The van der Waals surface area contributed by atoms with Gasteiger partial charge < -0.3 is 20.1 Å². The van der Waals surface area contributed by atoms with E-state index in [-0.39, 0.29) is 17.5 Å². The maximum absolute atomic E-state index is 13.0. The summed E-state index contributed by atoms with van der Waals surface area (Å²) in [6.07, 6.45) is -0.821. The molecule has 4 aromatic rings. The third-order valence-corrected chi connectivity index (χ3v) is 5.08. The van der Waals surface area contributed by atoms with Crippen LogP contribution in [0.4, 0.5) is 5.69 Å². The molecule has 33 heavy (non-hydrogen) atoms. The highest BCUT2D eigenvalue weighted by Gasteiger charge is 2.24. The molecule has 4 rings (SSSR count). The van der Waals surface area contributed by atoms with Crippen LogP contribution in [0.15, 0.2) is 72.8 Å². The number of nitrogens with one attached hydrogen (secondary N) is 2. The largest absolute Gasteiger partial charge is 0.478 e. The number of aromatic carboxylic acids is 1. The maximum Gasteiger partial charge on any atom is 0.339 e. The van der Waals surface area contributed by atoms with Crippen LogP contribution in [0.25, 0.3) is 22.4 Å². The molecule has 0 saturated carbocycles. The van der Waals surface area contributed by atoms with Crippen LogP contribution < -0.4 is 5.32 Å². The van der Waals surface area contributed by atoms with Crippen LogP contribution >= 0.6 is 0 Å². The van der Waals surface area contributed by atoms with Crippen molar-refractivity contribution in [1.29, 1.82) is 0 Å². The number of esters is 1. The lowest BCUT2D eigenvalue weighted by molar-refractivity contribution is -0.124. The van der Waals surface area contributed by atoms with Crippen molar-refractivity contribution in [3.8, 4) is 11.4 Å². The molecule has 1 atom stereocenters. The molecule has 0 saturated heterocycles. The van der Waals surface area contributed by atoms with Gasteiger partial charge in [-0.1, -0.05) is 43.3 Å². The Morgan fingerprint density at radius 1 is 1.03 bits per heavy atom. The number of carboxylic acid groups (broad SMARTS) is 1. The normalized spacial score (nSPS) is 11.7. The Labute approximate surface area is 189 Å². The molecule has 3 aromatic carbocycles. The number of carbonyl (C=O) groups excluding carboxylic acids is 2. The molecule has 0 aliphatic carbocycles. The van der Waals surface area contributed by atoms with Crippen molar-refractivity contribution < 1.29 is 24.2 Å². The first kappa shape index (κ1) is 21.8. The lowest BCUT2D eigenvalue weighted by Gasteiger charge is -2.17. The second kappa shape index (κ2) is 9.35. The minimum absolute atomic E-state index is 0.0394. The van der Waals surface area contributed by atoms with Crippen LogP contribution in [0, 0.1) is 0 Å². The number of anilines is 1. The van der Waals surface area contributed by atoms with E-state index in [4.69, 9.17) is 9.84 Å². The molecule has 3 N–H and O–H groups in total. The zero-order valence-electron chi connectivity index (χ0n) is 17.7. The number of carboxylic acids is 1. The summed E-state index contributed by atoms with van der Waals surface area (Å²) in [4.78, 5) is 44.6. The zero-order chi connectivity index (χ0) is 23.4. The van der Waals surface area contributed by atoms with Crippen LogP contribution in [0.1, 0.15) is 34.1 Å². The van der Waals surface area contributed by atoms with Crippen LogP contribution in [-0.4, -0.2) is 39.0 Å². The molecule has 0 spiro atoms. The average Bonchev–Trinajstić information content (AvgIpc) is 3.26. The summed E-state index contributed by atoms with van der Waals surface area (Å²) in [5.41, 5.74) is 2.78. The first-order chi connectivity index (χ1) is 16.0. The molecular weight excluding hydrogens is 422 g/mol. The van der Waals surface area contributed by atoms with Gasteiger partial charge >= 0.3 is 11.9 Å². The van der Waals surface area contributed by atoms with E-state index in [9.17, 15) is 14.4 Å². The molecular formula is C25H21N3O5. The van der Waals surface area contributed by atoms with Gasteiger partial charge in [-0.05, 0) is 42.8 Å². The molecule has 0 fully saturated rings. The topological polar surface area (TPSA) is 121 Å². The Kier molecular flexibility index (Phi) is 6.17. The molecule has 1 amide bonds. The maximum atomic E-state index is 13.0. The van der Waals surface area contributed by atoms with Crippen LogP contribution in [0.2, 0.25) is 0 Å². The van der Waals surface area contributed by atoms with E-state index in [1.54, 1.807) is 37.3 Å². The van der Waals surface area contributed by atoms with Gasteiger partial charge in [-0.15, -0.1) is 0 Å². The third kappa shape index (κ3) is 4.74. The van der Waals surface area contributed by atoms with Gasteiger partial charge in [0.25, 0.3) is 5.91 Å². The van der Waals surface area contributed by atoms with E-state index in [1.807, 2.05) is 24.3 Å². The van der Waals surface area contributed by atoms with Gasteiger partial charge in [-0.2, -0.15) is 0 Å². The molecule has 1 unspecified atom stereocenters. The molecule has 1 aromatic heterocycles. The number of aromatic amines is 1. The summed E-state index contributed by atoms with van der Waals surface area (Å²) >= 11 is 0. The molecule has 8 nitrogen and oxygen atoms in total. The van der Waals surface area contributed by atoms with Crippen molar-refractivity contribution >= 4 is 34.6 Å². The molecule has 0 aliphatic heterocycles. The Morgan fingerprint density at radius 3 is 2.55 bits per heavy atom. The minimum Gasteiger partial charge on any atom is -0.478 e. The second-order valence-electron chi connectivity index (χ2n) is 7.33. The Morgan fingerprint density at radius 2 is 1.79 bits per heavy atom. The lowest BCUT2D eigenvalue weighted by Crippen LogP contribution is -2.32. The fraction of sp³-hybridized carbons (Fsp3) is 0.120. The number of nitrogens with zero attached hydrogens (tertiary/aromatic N) is 1. The quantitative estimate of drug-likeness (QED) is 0.362. The fourth-order valence-electron chi connectivity index (χ4n) is 3.42. The first-order valence-electron chi connectivity index (χ1n) is 10.4. The Hall–Kier alpha value is -4.46. The Bertz CT molecular complexity index is 1310. The van der Waals surface area contributed by atoms with E-state index in [0.717, 1.165) is 11.0 Å². The minimum atomic E-state index is -1.10.